The van der Waals surface area contributed by atoms with E-state index in [1.54, 1.807) is 0 Å². The second kappa shape index (κ2) is 77.8. The van der Waals surface area contributed by atoms with Crippen molar-refractivity contribution in [1.29, 1.82) is 0 Å². The molecule has 10 unspecified atom stereocenters. The van der Waals surface area contributed by atoms with Gasteiger partial charge in [-0.25, -0.2) is 0 Å². The molecule has 2 fully saturated rings. The Morgan fingerprint density at radius 3 is 0.907 bits per heavy atom. The maximum atomic E-state index is 15.0. The molecule has 0 aromatic heterocycles. The maximum absolute atomic E-state index is 15.0. The summed E-state index contributed by atoms with van der Waals surface area (Å²) in [5, 5.41) is 51.9. The Labute approximate surface area is 718 Å². The molecule has 13 atom stereocenters. The monoisotopic (exact) mass is 1680 g/mol. The summed E-state index contributed by atoms with van der Waals surface area (Å²) < 4.78 is 49.0. The molecule has 0 aromatic rings. The molecule has 2 aliphatic rings. The first-order chi connectivity index (χ1) is 57.6. The van der Waals surface area contributed by atoms with E-state index in [2.05, 4.69) is 52.2 Å². The van der Waals surface area contributed by atoms with Crippen molar-refractivity contribution < 1.29 is 91.9 Å². The lowest BCUT2D eigenvalue weighted by atomic mass is 9.95. The first kappa shape index (κ1) is 110. The van der Waals surface area contributed by atoms with Crippen LogP contribution in [-0.4, -0.2) is 155 Å². The molecule has 692 valence electrons. The Bertz CT molecular complexity index is 2390. The fraction of sp³-hybridized carbons (Fsp3) is 0.928. The second-order valence-corrected chi connectivity index (χ2v) is 35.1. The van der Waals surface area contributed by atoms with Crippen LogP contribution in [0.5, 0.6) is 0 Å². The standard InChI is InChI=1S/C97H180N2O19/c1-7-13-19-25-31-37-40-46-52-58-64-70-86(104)113-79(67-61-55-49-43-34-28-22-16-10-4)73-84(102)98-90-93(109)92(108)83(116-96(90)110)77-111-97-91(99-85(103)74-80(68-62-56-50-44-35-29-23-17-11-5)114-87(105)71-65-59-53-47-41-38-32-26-20-14-8-2)95(94(112-78-101)82(76-100)117-97)118-89(107)75-81(69-63-57-51-45-36-30-24-18-12-6)115-88(106)72-66-60-54-48-42-39-33-27-21-15-9-3/h78-83,90-97,100,108-110H,7-77H2,1-6H3,(H,98,102)(H,99,103)/t79-,80-,81-,82?,83?,90?,91?,92?,93?,94?,95?,96?,97?/m1/s1. The van der Waals surface area contributed by atoms with Crippen molar-refractivity contribution in [1.82, 2.24) is 10.6 Å². The van der Waals surface area contributed by atoms with Crippen molar-refractivity contribution in [3.63, 3.8) is 0 Å². The number of nitrogens with one attached hydrogen (secondary N) is 2. The summed E-state index contributed by atoms with van der Waals surface area (Å²) >= 11 is 0. The van der Waals surface area contributed by atoms with E-state index in [4.69, 9.17) is 37.9 Å². The van der Waals surface area contributed by atoms with Crippen LogP contribution >= 0.6 is 0 Å². The molecule has 2 aliphatic heterocycles. The van der Waals surface area contributed by atoms with Gasteiger partial charge >= 0.3 is 23.9 Å². The summed E-state index contributed by atoms with van der Waals surface area (Å²) in [5.74, 6) is -3.42. The van der Waals surface area contributed by atoms with Gasteiger partial charge in [0.15, 0.2) is 24.8 Å². The summed E-state index contributed by atoms with van der Waals surface area (Å²) in [7, 11) is 0. The third-order valence-electron chi connectivity index (χ3n) is 24.1. The van der Waals surface area contributed by atoms with E-state index in [-0.39, 0.29) is 44.5 Å². The van der Waals surface area contributed by atoms with Crippen LogP contribution in [0.25, 0.3) is 0 Å². The number of ether oxygens (including phenoxy) is 8. The van der Waals surface area contributed by atoms with Gasteiger partial charge in [0.05, 0.1) is 32.5 Å². The Hall–Kier alpha value is -3.99. The first-order valence-corrected chi connectivity index (χ1v) is 49.6. The molecule has 118 heavy (non-hydrogen) atoms. The molecule has 2 amide bonds. The number of esters is 4. The third-order valence-corrected chi connectivity index (χ3v) is 24.1. The highest BCUT2D eigenvalue weighted by Gasteiger charge is 2.52. The molecule has 0 aliphatic carbocycles. The summed E-state index contributed by atoms with van der Waals surface area (Å²) in [6.45, 7) is 11.9. The zero-order valence-corrected chi connectivity index (χ0v) is 76.2. The molecule has 21 heteroatoms. The van der Waals surface area contributed by atoms with E-state index in [1.165, 1.54) is 186 Å². The Kier molecular flexibility index (Phi) is 72.6. The molecule has 6 N–H and O–H groups in total. The number of aliphatic hydroxyl groups excluding tert-OH is 4. The van der Waals surface area contributed by atoms with Crippen molar-refractivity contribution in [2.45, 2.75) is 564 Å². The van der Waals surface area contributed by atoms with Crippen molar-refractivity contribution in [2.24, 2.45) is 0 Å². The highest BCUT2D eigenvalue weighted by atomic mass is 16.7. The normalized spacial score (nSPS) is 20.1. The number of unbranched alkanes of at least 4 members (excludes halogenated alkanes) is 54. The van der Waals surface area contributed by atoms with Gasteiger partial charge in [-0.1, -0.05) is 388 Å². The molecule has 2 heterocycles. The van der Waals surface area contributed by atoms with E-state index in [9.17, 15) is 54.0 Å². The van der Waals surface area contributed by atoms with E-state index < -0.39 is 129 Å². The molecular weight excluding hydrogens is 1500 g/mol. The van der Waals surface area contributed by atoms with Crippen LogP contribution in [0.3, 0.4) is 0 Å². The van der Waals surface area contributed by atoms with Gasteiger partial charge in [0.1, 0.15) is 54.8 Å². The number of hydrogen-bond acceptors (Lipinski definition) is 19. The fourth-order valence-corrected chi connectivity index (χ4v) is 16.6. The smallest absolute Gasteiger partial charge is 0.310 e. The molecule has 2 rings (SSSR count). The molecule has 0 spiro atoms. The highest BCUT2D eigenvalue weighted by Crippen LogP contribution is 2.32. The van der Waals surface area contributed by atoms with Gasteiger partial charge in [-0.2, -0.15) is 0 Å². The number of carbonyl (C=O) groups excluding carboxylic acids is 7. The summed E-state index contributed by atoms with van der Waals surface area (Å²) in [6.07, 6.45) is 50.3. The summed E-state index contributed by atoms with van der Waals surface area (Å²) in [4.78, 5) is 97.3. The van der Waals surface area contributed by atoms with E-state index in [1.807, 2.05) is 0 Å². The van der Waals surface area contributed by atoms with Crippen LogP contribution in [0, 0.1) is 0 Å². The fourth-order valence-electron chi connectivity index (χ4n) is 16.6. The van der Waals surface area contributed by atoms with Gasteiger partial charge in [-0.05, 0) is 57.8 Å². The van der Waals surface area contributed by atoms with Gasteiger partial charge in [0, 0.05) is 19.3 Å². The topological polar surface area (TPSA) is 298 Å². The van der Waals surface area contributed by atoms with Crippen LogP contribution in [0.15, 0.2) is 0 Å². The lowest BCUT2D eigenvalue weighted by Crippen LogP contribution is -2.67. The average molecular weight is 1680 g/mol. The predicted octanol–water partition coefficient (Wildman–Crippen LogP) is 22.4. The van der Waals surface area contributed by atoms with Crippen LogP contribution < -0.4 is 10.6 Å². The Morgan fingerprint density at radius 2 is 0.610 bits per heavy atom. The van der Waals surface area contributed by atoms with Gasteiger partial charge in [-0.15, -0.1) is 0 Å². The molecular formula is C97H180N2O19. The van der Waals surface area contributed by atoms with Crippen molar-refractivity contribution in [2.75, 3.05) is 13.2 Å². The molecule has 21 nitrogen and oxygen atoms in total. The highest BCUT2D eigenvalue weighted by molar-refractivity contribution is 5.79. The predicted molar refractivity (Wildman–Crippen MR) is 472 cm³/mol. The van der Waals surface area contributed by atoms with Gasteiger partial charge in [0.25, 0.3) is 6.47 Å². The van der Waals surface area contributed by atoms with Crippen LogP contribution in [0.2, 0.25) is 0 Å². The summed E-state index contributed by atoms with van der Waals surface area (Å²) in [6, 6.07) is -3.12. The quantitative estimate of drug-likeness (QED) is 0.0143. The number of hydrogen-bond donors (Lipinski definition) is 6. The van der Waals surface area contributed by atoms with Crippen LogP contribution in [0.4, 0.5) is 0 Å². The van der Waals surface area contributed by atoms with Crippen LogP contribution in [0.1, 0.15) is 485 Å². The Morgan fingerprint density at radius 1 is 0.331 bits per heavy atom. The minimum atomic E-state index is -1.92. The molecule has 0 bridgehead atoms. The molecule has 0 aromatic carbocycles. The second-order valence-electron chi connectivity index (χ2n) is 35.1. The van der Waals surface area contributed by atoms with Crippen molar-refractivity contribution in [3.8, 4) is 0 Å². The lowest BCUT2D eigenvalue weighted by Gasteiger charge is -2.46. The van der Waals surface area contributed by atoms with E-state index in [0.717, 1.165) is 167 Å². The van der Waals surface area contributed by atoms with Gasteiger partial charge in [0.2, 0.25) is 11.8 Å². The van der Waals surface area contributed by atoms with E-state index >= 15 is 0 Å². The third kappa shape index (κ3) is 58.2. The SMILES string of the molecule is CCCCCCCCCCCCCC(=O)O[C@H](CCCCCCCCCCC)CC(=O)NC1C(O)OC(COC2OC(CO)C(OC=O)C(OC(=O)C[C@@H](CCCCCCCCCCC)OC(=O)CCCCCCCCCCCCC)C2NC(=O)C[C@@H](CCCCCCCCCCC)OC(=O)CCCCCCCCCCCCC)C(O)C1O. The first-order valence-electron chi connectivity index (χ1n) is 49.6. The zero-order valence-electron chi connectivity index (χ0n) is 76.2. The average Bonchev–Trinajstić information content (AvgIpc) is 0.784. The Balaban J connectivity index is 2.52. The van der Waals surface area contributed by atoms with Gasteiger partial charge < -0.3 is 69.0 Å². The van der Waals surface area contributed by atoms with Gasteiger partial charge in [-0.3, -0.25) is 33.6 Å². The zero-order chi connectivity index (χ0) is 86.0. The number of aliphatic hydroxyl groups is 4. The van der Waals surface area contributed by atoms with Crippen molar-refractivity contribution >= 4 is 42.2 Å². The largest absolute Gasteiger partial charge is 0.462 e. The number of carbonyl (C=O) groups is 7. The minimum Gasteiger partial charge on any atom is -0.462 e. The number of rotatable bonds is 84. The lowest BCUT2D eigenvalue weighted by molar-refractivity contribution is -0.299. The molecule has 2 saturated heterocycles. The minimum absolute atomic E-state index is 0.117. The van der Waals surface area contributed by atoms with Crippen molar-refractivity contribution in [3.05, 3.63) is 0 Å². The van der Waals surface area contributed by atoms with Crippen LogP contribution in [-0.2, 0) is 71.5 Å². The maximum Gasteiger partial charge on any atom is 0.310 e. The molecule has 0 radical (unpaired) electrons. The summed E-state index contributed by atoms with van der Waals surface area (Å²) in [5.41, 5.74) is 0. The molecule has 0 saturated carbocycles. The van der Waals surface area contributed by atoms with E-state index in [0.29, 0.717) is 51.4 Å². The number of amides is 2.